The molecule has 3 aliphatic rings. The van der Waals surface area contributed by atoms with Gasteiger partial charge in [0.25, 0.3) is 5.91 Å². The Balaban J connectivity index is 1.09. The summed E-state index contributed by atoms with van der Waals surface area (Å²) in [6, 6.07) is 19.4. The number of amides is 1. The maximum absolute atomic E-state index is 13.2. The summed E-state index contributed by atoms with van der Waals surface area (Å²) in [5, 5.41) is 5.83. The summed E-state index contributed by atoms with van der Waals surface area (Å²) >= 11 is 0. The Hall–Kier alpha value is -3.38. The first kappa shape index (κ1) is 21.9. The number of carbonyl (C=O) groups excluding carboxylic acids is 1. The van der Waals surface area contributed by atoms with E-state index < -0.39 is 0 Å². The SMILES string of the molecule is O=C(c1ccccc1)N1C2CCC1C(Cn1ccc3cc(-c4cnn(C5CCCCO5)c4)ccc31)C2. The second kappa shape index (κ2) is 8.93. The molecule has 6 nitrogen and oxygen atoms in total. The van der Waals surface area contributed by atoms with Crippen LogP contribution in [0.3, 0.4) is 0 Å². The minimum Gasteiger partial charge on any atom is -0.357 e. The van der Waals surface area contributed by atoms with E-state index in [4.69, 9.17) is 4.74 Å². The van der Waals surface area contributed by atoms with Gasteiger partial charge in [-0.1, -0.05) is 24.3 Å². The summed E-state index contributed by atoms with van der Waals surface area (Å²) in [5.41, 5.74) is 4.38. The second-order valence-corrected chi connectivity index (χ2v) is 10.6. The molecule has 0 radical (unpaired) electrons. The van der Waals surface area contributed by atoms with Crippen molar-refractivity contribution in [2.75, 3.05) is 6.61 Å². The van der Waals surface area contributed by atoms with Gasteiger partial charge in [-0.05, 0) is 80.3 Å². The molecule has 4 atom stereocenters. The van der Waals surface area contributed by atoms with Crippen LogP contribution in [0.1, 0.15) is 55.1 Å². The van der Waals surface area contributed by atoms with Crippen molar-refractivity contribution in [3.8, 4) is 11.1 Å². The predicted molar refractivity (Wildman–Crippen MR) is 140 cm³/mol. The van der Waals surface area contributed by atoms with Gasteiger partial charge in [-0.2, -0.15) is 5.10 Å². The van der Waals surface area contributed by atoms with Crippen molar-refractivity contribution in [3.63, 3.8) is 0 Å². The van der Waals surface area contributed by atoms with E-state index in [1.165, 1.54) is 22.9 Å². The van der Waals surface area contributed by atoms with Gasteiger partial charge in [0.1, 0.15) is 6.23 Å². The molecule has 7 rings (SSSR count). The van der Waals surface area contributed by atoms with Crippen LogP contribution in [0.4, 0.5) is 0 Å². The fourth-order valence-corrected chi connectivity index (χ4v) is 6.72. The van der Waals surface area contributed by atoms with Gasteiger partial charge in [-0.25, -0.2) is 4.68 Å². The van der Waals surface area contributed by atoms with Crippen molar-refractivity contribution in [2.45, 2.75) is 63.4 Å². The van der Waals surface area contributed by atoms with Crippen molar-refractivity contribution in [1.29, 1.82) is 0 Å². The number of hydrogen-bond acceptors (Lipinski definition) is 3. The number of rotatable bonds is 5. The maximum Gasteiger partial charge on any atom is 0.254 e. The highest BCUT2D eigenvalue weighted by molar-refractivity contribution is 5.95. The smallest absolute Gasteiger partial charge is 0.254 e. The lowest BCUT2D eigenvalue weighted by atomic mass is 9.89. The molecule has 4 aromatic rings. The van der Waals surface area contributed by atoms with E-state index in [0.29, 0.717) is 18.0 Å². The van der Waals surface area contributed by atoms with E-state index in [2.05, 4.69) is 51.2 Å². The van der Waals surface area contributed by atoms with Crippen LogP contribution in [-0.4, -0.2) is 43.8 Å². The Bertz CT molecular complexity index is 1380. The summed E-state index contributed by atoms with van der Waals surface area (Å²) < 4.78 is 10.2. The Morgan fingerprint density at radius 1 is 1.00 bits per heavy atom. The van der Waals surface area contributed by atoms with Crippen molar-refractivity contribution >= 4 is 16.8 Å². The largest absolute Gasteiger partial charge is 0.357 e. The van der Waals surface area contributed by atoms with Gasteiger partial charge in [0, 0.05) is 59.7 Å². The molecule has 1 amide bonds. The lowest BCUT2D eigenvalue weighted by Gasteiger charge is -2.25. The molecule has 0 aliphatic carbocycles. The molecule has 3 aliphatic heterocycles. The molecule has 6 heteroatoms. The van der Waals surface area contributed by atoms with E-state index in [1.54, 1.807) is 0 Å². The molecule has 0 saturated carbocycles. The molecule has 4 unspecified atom stereocenters. The van der Waals surface area contributed by atoms with E-state index in [-0.39, 0.29) is 12.1 Å². The summed E-state index contributed by atoms with van der Waals surface area (Å²) in [5.74, 6) is 0.701. The first-order chi connectivity index (χ1) is 17.7. The van der Waals surface area contributed by atoms with Crippen LogP contribution in [0.2, 0.25) is 0 Å². The first-order valence-electron chi connectivity index (χ1n) is 13.4. The molecule has 2 aromatic carbocycles. The van der Waals surface area contributed by atoms with E-state index in [1.807, 2.05) is 41.2 Å². The summed E-state index contributed by atoms with van der Waals surface area (Å²) in [7, 11) is 0. The number of ether oxygens (including phenoxy) is 1. The zero-order valence-electron chi connectivity index (χ0n) is 20.5. The fraction of sp³-hybridized carbons (Fsp3) is 0.400. The molecule has 2 aromatic heterocycles. The molecular formula is C30H32N4O2. The molecule has 5 heterocycles. The number of fused-ring (bicyclic) bond motifs is 3. The Morgan fingerprint density at radius 3 is 2.78 bits per heavy atom. The maximum atomic E-state index is 13.2. The van der Waals surface area contributed by atoms with E-state index in [0.717, 1.165) is 56.4 Å². The fourth-order valence-electron chi connectivity index (χ4n) is 6.72. The van der Waals surface area contributed by atoms with Crippen molar-refractivity contribution < 1.29 is 9.53 Å². The average molecular weight is 481 g/mol. The van der Waals surface area contributed by atoms with E-state index in [9.17, 15) is 4.79 Å². The van der Waals surface area contributed by atoms with Crippen LogP contribution in [0, 0.1) is 5.92 Å². The number of carbonyl (C=O) groups is 1. The second-order valence-electron chi connectivity index (χ2n) is 10.6. The van der Waals surface area contributed by atoms with E-state index >= 15 is 0 Å². The van der Waals surface area contributed by atoms with Crippen LogP contribution in [-0.2, 0) is 11.3 Å². The summed E-state index contributed by atoms with van der Waals surface area (Å²) in [4.78, 5) is 15.4. The normalized spacial score (nSPS) is 25.6. The molecule has 0 spiro atoms. The number of hydrogen-bond donors (Lipinski definition) is 0. The Morgan fingerprint density at radius 2 is 1.92 bits per heavy atom. The van der Waals surface area contributed by atoms with Gasteiger partial charge < -0.3 is 14.2 Å². The van der Waals surface area contributed by atoms with Gasteiger partial charge in [-0.15, -0.1) is 0 Å². The molecule has 36 heavy (non-hydrogen) atoms. The third-order valence-electron chi connectivity index (χ3n) is 8.51. The third-order valence-corrected chi connectivity index (χ3v) is 8.51. The zero-order valence-corrected chi connectivity index (χ0v) is 20.5. The Kier molecular flexibility index (Phi) is 5.42. The predicted octanol–water partition coefficient (Wildman–Crippen LogP) is 5.90. The topological polar surface area (TPSA) is 52.3 Å². The third kappa shape index (κ3) is 3.75. The van der Waals surface area contributed by atoms with Crippen molar-refractivity contribution in [2.24, 2.45) is 5.92 Å². The van der Waals surface area contributed by atoms with Gasteiger partial charge >= 0.3 is 0 Å². The average Bonchev–Trinajstić information content (AvgIpc) is 3.73. The van der Waals surface area contributed by atoms with Crippen LogP contribution in [0.15, 0.2) is 73.2 Å². The standard InChI is InChI=1S/C30H32N4O2/c35-30(21-6-2-1-3-7-21)34-26-10-12-28(34)24(17-26)19-32-14-13-23-16-22(9-11-27(23)32)25-18-31-33(20-25)29-8-4-5-15-36-29/h1-3,6-7,9,11,13-14,16,18,20,24,26,28-29H,4-5,8,10,12,15,17,19H2. The molecule has 184 valence electrons. The van der Waals surface area contributed by atoms with Gasteiger partial charge in [0.2, 0.25) is 0 Å². The monoisotopic (exact) mass is 480 g/mol. The highest BCUT2D eigenvalue weighted by atomic mass is 16.5. The van der Waals surface area contributed by atoms with Crippen molar-refractivity contribution in [1.82, 2.24) is 19.2 Å². The molecule has 2 bridgehead atoms. The summed E-state index contributed by atoms with van der Waals surface area (Å²) in [6.45, 7) is 1.78. The molecular weight excluding hydrogens is 448 g/mol. The lowest BCUT2D eigenvalue weighted by molar-refractivity contribution is -0.0394. The van der Waals surface area contributed by atoms with Gasteiger partial charge in [0.15, 0.2) is 0 Å². The van der Waals surface area contributed by atoms with Crippen LogP contribution in [0.25, 0.3) is 22.0 Å². The van der Waals surface area contributed by atoms with Gasteiger partial charge in [0.05, 0.1) is 6.20 Å². The van der Waals surface area contributed by atoms with Crippen molar-refractivity contribution in [3.05, 3.63) is 78.8 Å². The minimum absolute atomic E-state index is 0.0624. The highest BCUT2D eigenvalue weighted by Crippen LogP contribution is 2.43. The highest BCUT2D eigenvalue weighted by Gasteiger charge is 2.48. The minimum atomic E-state index is 0.0624. The zero-order chi connectivity index (χ0) is 24.1. The lowest BCUT2D eigenvalue weighted by Crippen LogP contribution is -2.37. The van der Waals surface area contributed by atoms with Gasteiger partial charge in [-0.3, -0.25) is 4.79 Å². The number of nitrogens with zero attached hydrogens (tertiary/aromatic N) is 4. The number of aromatic nitrogens is 3. The van der Waals surface area contributed by atoms with Crippen LogP contribution in [0.5, 0.6) is 0 Å². The first-order valence-corrected chi connectivity index (χ1v) is 13.4. The quantitative estimate of drug-likeness (QED) is 0.358. The Labute approximate surface area is 211 Å². The summed E-state index contributed by atoms with van der Waals surface area (Å²) in [6.07, 6.45) is 13.0. The molecule has 0 N–H and O–H groups in total. The number of benzene rings is 2. The van der Waals surface area contributed by atoms with Crippen LogP contribution < -0.4 is 0 Å². The molecule has 3 saturated heterocycles. The van der Waals surface area contributed by atoms with Crippen LogP contribution >= 0.6 is 0 Å². The molecule has 3 fully saturated rings.